The minimum atomic E-state index is -0.833. The molecule has 1 fully saturated rings. The van der Waals surface area contributed by atoms with E-state index in [2.05, 4.69) is 4.98 Å². The first-order valence-corrected chi connectivity index (χ1v) is 10.6. The summed E-state index contributed by atoms with van der Waals surface area (Å²) in [6.07, 6.45) is 0.420. The number of oxazole rings is 1. The number of piperidine rings is 1. The topological polar surface area (TPSA) is 81.9 Å². The number of para-hydroxylation sites is 2. The molecule has 0 aliphatic carbocycles. The molecule has 7 heteroatoms. The monoisotopic (exact) mass is 422 g/mol. The number of nitrogens with zero attached hydrogens (tertiary/aromatic N) is 2. The molecule has 0 saturated carbocycles. The van der Waals surface area contributed by atoms with Gasteiger partial charge in [-0.15, -0.1) is 0 Å². The van der Waals surface area contributed by atoms with Gasteiger partial charge in [0.2, 0.25) is 5.78 Å². The fourth-order valence-electron chi connectivity index (χ4n) is 3.74. The zero-order valence-electron chi connectivity index (χ0n) is 17.7. The van der Waals surface area contributed by atoms with Gasteiger partial charge >= 0.3 is 5.97 Å². The minimum absolute atomic E-state index is 0.222. The number of Topliss-reactive ketones (excluding diaryl/α,β-unsaturated/α-hetero) is 1. The Morgan fingerprint density at radius 2 is 1.84 bits per heavy atom. The van der Waals surface area contributed by atoms with Crippen LogP contribution in [0.4, 0.5) is 6.01 Å². The average Bonchev–Trinajstić information content (AvgIpc) is 3.24. The predicted molar refractivity (Wildman–Crippen MR) is 116 cm³/mol. The Morgan fingerprint density at radius 3 is 2.52 bits per heavy atom. The molecule has 7 nitrogen and oxygen atoms in total. The third-order valence-corrected chi connectivity index (χ3v) is 5.49. The van der Waals surface area contributed by atoms with E-state index in [1.165, 1.54) is 0 Å². The lowest BCUT2D eigenvalue weighted by molar-refractivity contribution is -0.152. The van der Waals surface area contributed by atoms with Crippen molar-refractivity contribution in [3.8, 4) is 5.75 Å². The zero-order valence-corrected chi connectivity index (χ0v) is 17.7. The molecule has 0 bridgehead atoms. The van der Waals surface area contributed by atoms with Gasteiger partial charge in [-0.3, -0.25) is 9.59 Å². The number of aromatic nitrogens is 1. The van der Waals surface area contributed by atoms with E-state index < -0.39 is 6.10 Å². The fourth-order valence-corrected chi connectivity index (χ4v) is 3.74. The summed E-state index contributed by atoms with van der Waals surface area (Å²) in [4.78, 5) is 31.8. The zero-order chi connectivity index (χ0) is 21.8. The average molecular weight is 422 g/mol. The number of fused-ring (bicyclic) bond motifs is 1. The van der Waals surface area contributed by atoms with E-state index in [1.54, 1.807) is 31.2 Å². The number of hydrogen-bond donors (Lipinski definition) is 0. The van der Waals surface area contributed by atoms with Crippen LogP contribution < -0.4 is 9.64 Å². The summed E-state index contributed by atoms with van der Waals surface area (Å²) in [5.41, 5.74) is 2.07. The normalized spacial score (nSPS) is 15.6. The first-order valence-electron chi connectivity index (χ1n) is 10.6. The van der Waals surface area contributed by atoms with Crippen LogP contribution in [0.1, 0.15) is 37.0 Å². The molecule has 31 heavy (non-hydrogen) atoms. The molecule has 1 atom stereocenters. The Balaban J connectivity index is 1.30. The van der Waals surface area contributed by atoms with Gasteiger partial charge in [-0.05, 0) is 63.1 Å². The molecular weight excluding hydrogens is 396 g/mol. The van der Waals surface area contributed by atoms with Crippen LogP contribution in [0.5, 0.6) is 5.75 Å². The molecule has 0 N–H and O–H groups in total. The molecule has 0 radical (unpaired) electrons. The minimum Gasteiger partial charge on any atom is -0.494 e. The maximum Gasteiger partial charge on any atom is 0.309 e. The molecule has 162 valence electrons. The van der Waals surface area contributed by atoms with Gasteiger partial charge < -0.3 is 18.8 Å². The summed E-state index contributed by atoms with van der Waals surface area (Å²) in [7, 11) is 0. The summed E-state index contributed by atoms with van der Waals surface area (Å²) >= 11 is 0. The van der Waals surface area contributed by atoms with Crippen LogP contribution in [0.15, 0.2) is 52.9 Å². The second kappa shape index (κ2) is 9.20. The van der Waals surface area contributed by atoms with E-state index in [0.29, 0.717) is 49.9 Å². The molecule has 4 rings (SSSR count). The molecule has 1 aromatic heterocycles. The summed E-state index contributed by atoms with van der Waals surface area (Å²) in [6.45, 7) is 5.37. The third kappa shape index (κ3) is 4.71. The largest absolute Gasteiger partial charge is 0.494 e. The Morgan fingerprint density at radius 1 is 1.13 bits per heavy atom. The van der Waals surface area contributed by atoms with Crippen molar-refractivity contribution >= 4 is 28.9 Å². The summed E-state index contributed by atoms with van der Waals surface area (Å²) in [5, 5.41) is 0. The standard InChI is InChI=1S/C24H26N2O5/c1-3-29-19-10-8-17(9-11-19)22(27)16(2)30-23(28)18-12-14-26(15-13-18)24-25-20-6-4-5-7-21(20)31-24/h4-11,16,18H,3,12-15H2,1-2H3/t16-/m1/s1. The first kappa shape index (κ1) is 20.9. The molecule has 0 amide bonds. The predicted octanol–water partition coefficient (Wildman–Crippen LogP) is 4.26. The van der Waals surface area contributed by atoms with Gasteiger partial charge in [-0.1, -0.05) is 12.1 Å². The van der Waals surface area contributed by atoms with Crippen molar-refractivity contribution in [3.05, 3.63) is 54.1 Å². The van der Waals surface area contributed by atoms with Gasteiger partial charge in [0.25, 0.3) is 6.01 Å². The van der Waals surface area contributed by atoms with Crippen LogP contribution in [0.3, 0.4) is 0 Å². The van der Waals surface area contributed by atoms with Crippen LogP contribution in [-0.4, -0.2) is 42.5 Å². The number of rotatable bonds is 7. The number of carbonyl (C=O) groups excluding carboxylic acids is 2. The number of carbonyl (C=O) groups is 2. The molecule has 1 aliphatic rings. The summed E-state index contributed by atoms with van der Waals surface area (Å²) < 4.78 is 16.7. The van der Waals surface area contributed by atoms with Crippen molar-refractivity contribution in [2.45, 2.75) is 32.8 Å². The maximum absolute atomic E-state index is 12.6. The third-order valence-electron chi connectivity index (χ3n) is 5.49. The number of hydrogen-bond acceptors (Lipinski definition) is 7. The van der Waals surface area contributed by atoms with E-state index in [1.807, 2.05) is 36.1 Å². The Kier molecular flexibility index (Phi) is 6.21. The van der Waals surface area contributed by atoms with Gasteiger partial charge in [0, 0.05) is 18.7 Å². The highest BCUT2D eigenvalue weighted by atomic mass is 16.5. The van der Waals surface area contributed by atoms with Crippen molar-refractivity contribution in [2.75, 3.05) is 24.6 Å². The highest BCUT2D eigenvalue weighted by molar-refractivity contribution is 6.00. The van der Waals surface area contributed by atoms with Crippen molar-refractivity contribution in [3.63, 3.8) is 0 Å². The Bertz CT molecular complexity index is 1020. The van der Waals surface area contributed by atoms with E-state index >= 15 is 0 Å². The van der Waals surface area contributed by atoms with Gasteiger partial charge in [-0.2, -0.15) is 4.98 Å². The molecule has 1 saturated heterocycles. The SMILES string of the molecule is CCOc1ccc(C(=O)[C@@H](C)OC(=O)C2CCN(c3nc4ccccc4o3)CC2)cc1. The lowest BCUT2D eigenvalue weighted by Gasteiger charge is -2.30. The van der Waals surface area contributed by atoms with Gasteiger partial charge in [0.15, 0.2) is 11.7 Å². The van der Waals surface area contributed by atoms with Crippen LogP contribution in [0, 0.1) is 5.92 Å². The van der Waals surface area contributed by atoms with Gasteiger partial charge in [0.05, 0.1) is 12.5 Å². The van der Waals surface area contributed by atoms with Crippen LogP contribution in [0.25, 0.3) is 11.1 Å². The number of ether oxygens (including phenoxy) is 2. The van der Waals surface area contributed by atoms with Gasteiger partial charge in [0.1, 0.15) is 11.3 Å². The summed E-state index contributed by atoms with van der Waals surface area (Å²) in [5.74, 6) is -0.0880. The number of anilines is 1. The Hall–Kier alpha value is -3.35. The second-order valence-electron chi connectivity index (χ2n) is 7.63. The number of ketones is 1. The van der Waals surface area contributed by atoms with Crippen molar-refractivity contribution < 1.29 is 23.5 Å². The van der Waals surface area contributed by atoms with E-state index in [-0.39, 0.29) is 17.7 Å². The van der Waals surface area contributed by atoms with Crippen molar-refractivity contribution in [1.82, 2.24) is 4.98 Å². The lowest BCUT2D eigenvalue weighted by Crippen LogP contribution is -2.38. The number of benzene rings is 2. The fraction of sp³-hybridized carbons (Fsp3) is 0.375. The Labute approximate surface area is 181 Å². The first-order chi connectivity index (χ1) is 15.0. The van der Waals surface area contributed by atoms with Gasteiger partial charge in [-0.25, -0.2) is 0 Å². The van der Waals surface area contributed by atoms with Crippen LogP contribution in [-0.2, 0) is 9.53 Å². The lowest BCUT2D eigenvalue weighted by atomic mass is 9.97. The molecule has 1 aliphatic heterocycles. The van der Waals surface area contributed by atoms with E-state index in [0.717, 1.165) is 11.1 Å². The smallest absolute Gasteiger partial charge is 0.309 e. The molecule has 3 aromatic rings. The summed E-state index contributed by atoms with van der Waals surface area (Å²) in [6, 6.07) is 15.1. The molecule has 0 unspecified atom stereocenters. The second-order valence-corrected chi connectivity index (χ2v) is 7.63. The van der Waals surface area contributed by atoms with Crippen molar-refractivity contribution in [2.24, 2.45) is 5.92 Å². The number of esters is 1. The van der Waals surface area contributed by atoms with Crippen LogP contribution in [0.2, 0.25) is 0 Å². The maximum atomic E-state index is 12.6. The quantitative estimate of drug-likeness (QED) is 0.416. The van der Waals surface area contributed by atoms with E-state index in [4.69, 9.17) is 13.9 Å². The highest BCUT2D eigenvalue weighted by Crippen LogP contribution is 2.27. The highest BCUT2D eigenvalue weighted by Gasteiger charge is 2.30. The molecule has 2 aromatic carbocycles. The van der Waals surface area contributed by atoms with E-state index in [9.17, 15) is 9.59 Å². The van der Waals surface area contributed by atoms with Crippen LogP contribution >= 0.6 is 0 Å². The molecule has 0 spiro atoms. The molecular formula is C24H26N2O5. The van der Waals surface area contributed by atoms with Crippen molar-refractivity contribution in [1.29, 1.82) is 0 Å². The molecule has 2 heterocycles.